The lowest BCUT2D eigenvalue weighted by molar-refractivity contribution is -0.141. The van der Waals surface area contributed by atoms with E-state index in [9.17, 15) is 14.7 Å². The van der Waals surface area contributed by atoms with Crippen molar-refractivity contribution >= 4 is 17.3 Å². The van der Waals surface area contributed by atoms with E-state index in [1.54, 1.807) is 6.92 Å². The molecule has 4 nitrogen and oxygen atoms in total. The van der Waals surface area contributed by atoms with Gasteiger partial charge < -0.3 is 9.84 Å². The van der Waals surface area contributed by atoms with Gasteiger partial charge in [0.2, 0.25) is 5.76 Å². The largest absolute Gasteiger partial charge is 0.502 e. The number of ketones is 1. The monoisotopic (exact) mass is 258 g/mol. The molecule has 0 unspecified atom stereocenters. The predicted molar refractivity (Wildman–Crippen MR) is 70.5 cm³/mol. The number of aliphatic hydroxyl groups excluding tert-OH is 1. The number of ether oxygens (including phenoxy) is 1. The van der Waals surface area contributed by atoms with Gasteiger partial charge in [-0.15, -0.1) is 0 Å². The van der Waals surface area contributed by atoms with Gasteiger partial charge in [-0.2, -0.15) is 0 Å². The SMILES string of the molecule is CCOC(=O)C(O)=CC=C1C(=O)Cc2ccccc21. The lowest BCUT2D eigenvalue weighted by Gasteiger charge is -2.00. The summed E-state index contributed by atoms with van der Waals surface area (Å²) in [4.78, 5) is 23.1. The highest BCUT2D eigenvalue weighted by Gasteiger charge is 2.23. The quantitative estimate of drug-likeness (QED) is 0.513. The number of fused-ring (bicyclic) bond motifs is 1. The highest BCUT2D eigenvalue weighted by molar-refractivity contribution is 6.25. The number of allylic oxidation sites excluding steroid dienone is 3. The topological polar surface area (TPSA) is 63.6 Å². The summed E-state index contributed by atoms with van der Waals surface area (Å²) in [6.07, 6.45) is 3.02. The molecule has 98 valence electrons. The molecule has 1 aliphatic carbocycles. The van der Waals surface area contributed by atoms with Crippen LogP contribution in [0.5, 0.6) is 0 Å². The molecule has 0 aliphatic heterocycles. The van der Waals surface area contributed by atoms with Crippen LogP contribution in [0.15, 0.2) is 42.2 Å². The molecule has 0 atom stereocenters. The summed E-state index contributed by atoms with van der Waals surface area (Å²) in [6.45, 7) is 1.84. The number of hydrogen-bond donors (Lipinski definition) is 1. The van der Waals surface area contributed by atoms with Gasteiger partial charge in [-0.3, -0.25) is 4.79 Å². The maximum absolute atomic E-state index is 11.8. The van der Waals surface area contributed by atoms with Gasteiger partial charge in [0.05, 0.1) is 6.61 Å². The van der Waals surface area contributed by atoms with Crippen molar-refractivity contribution in [3.63, 3.8) is 0 Å². The summed E-state index contributed by atoms with van der Waals surface area (Å²) in [5, 5.41) is 9.47. The molecule has 1 aliphatic rings. The van der Waals surface area contributed by atoms with E-state index in [1.807, 2.05) is 24.3 Å². The van der Waals surface area contributed by atoms with Gasteiger partial charge in [-0.05, 0) is 30.2 Å². The highest BCUT2D eigenvalue weighted by atomic mass is 16.5. The maximum atomic E-state index is 11.8. The van der Waals surface area contributed by atoms with Crippen molar-refractivity contribution in [2.45, 2.75) is 13.3 Å². The van der Waals surface area contributed by atoms with E-state index in [0.717, 1.165) is 11.1 Å². The van der Waals surface area contributed by atoms with Crippen LogP contribution in [0.2, 0.25) is 0 Å². The molecular formula is C15H14O4. The van der Waals surface area contributed by atoms with Gasteiger partial charge in [-0.25, -0.2) is 4.79 Å². The van der Waals surface area contributed by atoms with E-state index in [4.69, 9.17) is 0 Å². The molecule has 0 spiro atoms. The van der Waals surface area contributed by atoms with Gasteiger partial charge in [0.15, 0.2) is 5.78 Å². The van der Waals surface area contributed by atoms with E-state index < -0.39 is 11.7 Å². The number of aliphatic hydroxyl groups is 1. The van der Waals surface area contributed by atoms with Crippen molar-refractivity contribution in [3.05, 3.63) is 53.3 Å². The molecule has 0 fully saturated rings. The third-order valence-electron chi connectivity index (χ3n) is 2.85. The summed E-state index contributed by atoms with van der Waals surface area (Å²) in [6, 6.07) is 7.46. The minimum Gasteiger partial charge on any atom is -0.502 e. The first-order valence-corrected chi connectivity index (χ1v) is 6.03. The van der Waals surface area contributed by atoms with Crippen LogP contribution >= 0.6 is 0 Å². The minimum absolute atomic E-state index is 0.0193. The predicted octanol–water partition coefficient (Wildman–Crippen LogP) is 2.20. The van der Waals surface area contributed by atoms with E-state index in [-0.39, 0.29) is 12.4 Å². The normalized spacial score (nSPS) is 16.6. The molecule has 2 rings (SSSR count). The molecule has 19 heavy (non-hydrogen) atoms. The molecule has 0 bridgehead atoms. The number of carbonyl (C=O) groups is 2. The van der Waals surface area contributed by atoms with Crippen LogP contribution in [0.3, 0.4) is 0 Å². The first-order chi connectivity index (χ1) is 9.13. The Morgan fingerprint density at radius 2 is 2.16 bits per heavy atom. The van der Waals surface area contributed by atoms with Crippen LogP contribution in [-0.4, -0.2) is 23.5 Å². The second-order valence-electron chi connectivity index (χ2n) is 4.11. The summed E-state index contributed by atoms with van der Waals surface area (Å²) >= 11 is 0. The molecule has 0 saturated heterocycles. The standard InChI is InChI=1S/C15H14O4/c1-2-19-15(18)13(16)8-7-12-11-6-4-3-5-10(11)9-14(12)17/h3-8,16H,2,9H2,1H3. The third kappa shape index (κ3) is 2.73. The zero-order valence-electron chi connectivity index (χ0n) is 10.6. The Bertz CT molecular complexity index is 582. The number of benzene rings is 1. The van der Waals surface area contributed by atoms with Crippen molar-refractivity contribution in [1.82, 2.24) is 0 Å². The van der Waals surface area contributed by atoms with Crippen LogP contribution in [0, 0.1) is 0 Å². The summed E-state index contributed by atoms with van der Waals surface area (Å²) in [5.74, 6) is -1.32. The molecule has 0 radical (unpaired) electrons. The van der Waals surface area contributed by atoms with Crippen molar-refractivity contribution in [3.8, 4) is 0 Å². The summed E-state index contributed by atoms with van der Waals surface area (Å²) in [7, 11) is 0. The van der Waals surface area contributed by atoms with E-state index in [0.29, 0.717) is 12.0 Å². The van der Waals surface area contributed by atoms with Gasteiger partial charge in [0.25, 0.3) is 0 Å². The molecule has 4 heteroatoms. The van der Waals surface area contributed by atoms with Crippen LogP contribution < -0.4 is 0 Å². The molecule has 1 aromatic carbocycles. The number of Topliss-reactive ketones (excluding diaryl/α,β-unsaturated/α-hetero) is 1. The Hall–Kier alpha value is -2.36. The third-order valence-corrected chi connectivity index (χ3v) is 2.85. The minimum atomic E-state index is -0.793. The van der Waals surface area contributed by atoms with Gasteiger partial charge >= 0.3 is 5.97 Å². The van der Waals surface area contributed by atoms with Crippen molar-refractivity contribution in [2.75, 3.05) is 6.61 Å². The fourth-order valence-corrected chi connectivity index (χ4v) is 1.97. The van der Waals surface area contributed by atoms with E-state index in [1.165, 1.54) is 12.2 Å². The van der Waals surface area contributed by atoms with E-state index in [2.05, 4.69) is 4.74 Å². The van der Waals surface area contributed by atoms with Crippen LogP contribution in [0.1, 0.15) is 18.1 Å². The first-order valence-electron chi connectivity index (χ1n) is 6.03. The lowest BCUT2D eigenvalue weighted by atomic mass is 10.1. The lowest BCUT2D eigenvalue weighted by Crippen LogP contribution is -2.06. The van der Waals surface area contributed by atoms with Crippen LogP contribution in [-0.2, 0) is 20.7 Å². The first kappa shape index (κ1) is 13.1. The average molecular weight is 258 g/mol. The number of hydrogen-bond acceptors (Lipinski definition) is 4. The molecular weight excluding hydrogens is 244 g/mol. The molecule has 0 aromatic heterocycles. The summed E-state index contributed by atoms with van der Waals surface area (Å²) in [5.41, 5.74) is 2.31. The number of esters is 1. The molecule has 0 amide bonds. The second kappa shape index (κ2) is 5.52. The molecule has 0 heterocycles. The van der Waals surface area contributed by atoms with Gasteiger partial charge in [0.1, 0.15) is 0 Å². The number of carbonyl (C=O) groups excluding carboxylic acids is 2. The fourth-order valence-electron chi connectivity index (χ4n) is 1.97. The molecule has 1 N–H and O–H groups in total. The van der Waals surface area contributed by atoms with Gasteiger partial charge in [-0.1, -0.05) is 24.3 Å². The van der Waals surface area contributed by atoms with Crippen molar-refractivity contribution < 1.29 is 19.4 Å². The number of rotatable bonds is 3. The zero-order valence-corrected chi connectivity index (χ0v) is 10.6. The van der Waals surface area contributed by atoms with Crippen LogP contribution in [0.4, 0.5) is 0 Å². The Kier molecular flexibility index (Phi) is 3.80. The fraction of sp³-hybridized carbons (Fsp3) is 0.200. The van der Waals surface area contributed by atoms with E-state index >= 15 is 0 Å². The smallest absolute Gasteiger partial charge is 0.373 e. The summed E-state index contributed by atoms with van der Waals surface area (Å²) < 4.78 is 4.64. The van der Waals surface area contributed by atoms with Crippen LogP contribution in [0.25, 0.3) is 5.57 Å². The molecule has 0 saturated carbocycles. The highest BCUT2D eigenvalue weighted by Crippen LogP contribution is 2.29. The second-order valence-corrected chi connectivity index (χ2v) is 4.11. The Labute approximate surface area is 111 Å². The molecule has 1 aromatic rings. The Morgan fingerprint density at radius 3 is 2.89 bits per heavy atom. The Balaban J connectivity index is 2.27. The van der Waals surface area contributed by atoms with Crippen molar-refractivity contribution in [2.24, 2.45) is 0 Å². The van der Waals surface area contributed by atoms with Gasteiger partial charge in [0, 0.05) is 12.0 Å². The zero-order chi connectivity index (χ0) is 13.8. The maximum Gasteiger partial charge on any atom is 0.373 e. The average Bonchev–Trinajstić information content (AvgIpc) is 2.72. The van der Waals surface area contributed by atoms with Crippen molar-refractivity contribution in [1.29, 1.82) is 0 Å². The Morgan fingerprint density at radius 1 is 1.42 bits per heavy atom.